The Hall–Kier alpha value is -0.330. The van der Waals surface area contributed by atoms with Crippen molar-refractivity contribution in [3.8, 4) is 0 Å². The van der Waals surface area contributed by atoms with Gasteiger partial charge in [0.25, 0.3) is 0 Å². The topological polar surface area (TPSA) is 12.4 Å². The summed E-state index contributed by atoms with van der Waals surface area (Å²) in [5.74, 6) is 0. The van der Waals surface area contributed by atoms with Crippen molar-refractivity contribution in [1.29, 1.82) is 0 Å². The summed E-state index contributed by atoms with van der Waals surface area (Å²) < 4.78 is 0. The fourth-order valence-corrected chi connectivity index (χ4v) is 1.20. The molecule has 0 saturated carbocycles. The number of aliphatic imine (C=N–C) groups is 1. The highest BCUT2D eigenvalue weighted by atomic mass is 14.7. The second-order valence-corrected chi connectivity index (χ2v) is 3.11. The molecule has 1 heteroatoms. The Bertz CT molecular complexity index is 97.0. The molecule has 0 rings (SSSR count). The van der Waals surface area contributed by atoms with Crippen molar-refractivity contribution < 1.29 is 0 Å². The van der Waals surface area contributed by atoms with Gasteiger partial charge in [-0.3, -0.25) is 4.99 Å². The van der Waals surface area contributed by atoms with Crippen LogP contribution >= 0.6 is 0 Å². The van der Waals surface area contributed by atoms with Gasteiger partial charge < -0.3 is 0 Å². The zero-order valence-corrected chi connectivity index (χ0v) is 8.14. The molecule has 0 aliphatic carbocycles. The van der Waals surface area contributed by atoms with E-state index < -0.39 is 0 Å². The number of hydrogen-bond donors (Lipinski definition) is 0. The highest BCUT2D eigenvalue weighted by Gasteiger charge is 1.95. The summed E-state index contributed by atoms with van der Waals surface area (Å²) in [6, 6.07) is 0.539. The van der Waals surface area contributed by atoms with Crippen LogP contribution in [0, 0.1) is 0 Å². The van der Waals surface area contributed by atoms with Gasteiger partial charge in [0.05, 0.1) is 0 Å². The molecule has 0 heterocycles. The van der Waals surface area contributed by atoms with E-state index in [9.17, 15) is 0 Å². The minimum absolute atomic E-state index is 0.539. The van der Waals surface area contributed by atoms with Crippen molar-refractivity contribution in [2.24, 2.45) is 4.99 Å². The molecule has 0 aliphatic heterocycles. The Morgan fingerprint density at radius 2 is 2.00 bits per heavy atom. The molecule has 0 saturated heterocycles. The van der Waals surface area contributed by atoms with Gasteiger partial charge in [-0.15, -0.1) is 0 Å². The van der Waals surface area contributed by atoms with Gasteiger partial charge in [0.15, 0.2) is 0 Å². The quantitative estimate of drug-likeness (QED) is 0.411. The van der Waals surface area contributed by atoms with Gasteiger partial charge in [-0.05, 0) is 26.5 Å². The van der Waals surface area contributed by atoms with E-state index in [4.69, 9.17) is 0 Å². The third-order valence-corrected chi connectivity index (χ3v) is 1.88. The summed E-state index contributed by atoms with van der Waals surface area (Å²) in [4.78, 5) is 4.30. The normalized spacial score (nSPS) is 14.1. The summed E-state index contributed by atoms with van der Waals surface area (Å²) in [5, 5.41) is 0. The molecule has 0 aromatic carbocycles. The van der Waals surface area contributed by atoms with Gasteiger partial charge in [0, 0.05) is 6.04 Å². The van der Waals surface area contributed by atoms with Crippen molar-refractivity contribution in [3.63, 3.8) is 0 Å². The van der Waals surface area contributed by atoms with E-state index in [0.717, 1.165) is 0 Å². The van der Waals surface area contributed by atoms with Crippen LogP contribution < -0.4 is 0 Å². The molecule has 0 N–H and O–H groups in total. The van der Waals surface area contributed by atoms with Crippen molar-refractivity contribution in [2.45, 2.75) is 58.9 Å². The van der Waals surface area contributed by atoms with E-state index in [0.29, 0.717) is 6.04 Å². The van der Waals surface area contributed by atoms with Gasteiger partial charge in [-0.2, -0.15) is 0 Å². The molecular formula is C10H21N. The lowest BCUT2D eigenvalue weighted by atomic mass is 10.1. The fraction of sp³-hybridized carbons (Fsp3) is 0.900. The first-order chi connectivity index (χ1) is 5.31. The summed E-state index contributed by atoms with van der Waals surface area (Å²) in [6.07, 6.45) is 8.58. The Morgan fingerprint density at radius 3 is 2.55 bits per heavy atom. The Balaban J connectivity index is 3.10. The van der Waals surface area contributed by atoms with Crippen LogP contribution in [0.25, 0.3) is 0 Å². The van der Waals surface area contributed by atoms with Crippen LogP contribution in [0.5, 0.6) is 0 Å². The van der Waals surface area contributed by atoms with Crippen molar-refractivity contribution in [2.75, 3.05) is 0 Å². The zero-order valence-electron chi connectivity index (χ0n) is 8.14. The van der Waals surface area contributed by atoms with Crippen molar-refractivity contribution >= 4 is 6.21 Å². The van der Waals surface area contributed by atoms with E-state index in [1.807, 2.05) is 13.1 Å². The van der Waals surface area contributed by atoms with Gasteiger partial charge in [0.1, 0.15) is 0 Å². The molecule has 1 unspecified atom stereocenters. The first kappa shape index (κ1) is 10.7. The fourth-order valence-electron chi connectivity index (χ4n) is 1.20. The van der Waals surface area contributed by atoms with Gasteiger partial charge >= 0.3 is 0 Å². The molecule has 1 nitrogen and oxygen atoms in total. The molecule has 0 aliphatic rings. The van der Waals surface area contributed by atoms with Crippen LogP contribution in [0.1, 0.15) is 52.9 Å². The van der Waals surface area contributed by atoms with E-state index in [1.54, 1.807) is 0 Å². The molecule has 0 radical (unpaired) electrons. The standard InChI is InChI=1S/C10H21N/c1-4-6-7-8-9-10(3)11-5-2/h5,10H,4,6-9H2,1-3H3/b11-5-. The number of nitrogens with zero attached hydrogens (tertiary/aromatic N) is 1. The van der Waals surface area contributed by atoms with E-state index in [-0.39, 0.29) is 0 Å². The van der Waals surface area contributed by atoms with Crippen LogP contribution in [0.15, 0.2) is 4.99 Å². The maximum Gasteiger partial charge on any atom is 0.0467 e. The summed E-state index contributed by atoms with van der Waals surface area (Å²) in [6.45, 7) is 6.42. The molecule has 0 spiro atoms. The Kier molecular flexibility index (Phi) is 7.54. The molecule has 0 bridgehead atoms. The Morgan fingerprint density at radius 1 is 1.27 bits per heavy atom. The lowest BCUT2D eigenvalue weighted by molar-refractivity contribution is 0.577. The summed E-state index contributed by atoms with van der Waals surface area (Å²) >= 11 is 0. The lowest BCUT2D eigenvalue weighted by Gasteiger charge is -2.03. The second kappa shape index (κ2) is 7.77. The van der Waals surface area contributed by atoms with E-state index in [1.165, 1.54) is 32.1 Å². The van der Waals surface area contributed by atoms with E-state index in [2.05, 4.69) is 18.8 Å². The van der Waals surface area contributed by atoms with E-state index >= 15 is 0 Å². The van der Waals surface area contributed by atoms with Crippen molar-refractivity contribution in [1.82, 2.24) is 0 Å². The number of rotatable bonds is 6. The zero-order chi connectivity index (χ0) is 8.53. The molecule has 1 atom stereocenters. The van der Waals surface area contributed by atoms with Crippen LogP contribution in [0.2, 0.25) is 0 Å². The highest BCUT2D eigenvalue weighted by Crippen LogP contribution is 2.06. The number of hydrogen-bond acceptors (Lipinski definition) is 1. The first-order valence-corrected chi connectivity index (χ1v) is 4.79. The summed E-state index contributed by atoms with van der Waals surface area (Å²) in [5.41, 5.74) is 0. The smallest absolute Gasteiger partial charge is 0.0467 e. The van der Waals surface area contributed by atoms with Gasteiger partial charge in [-0.25, -0.2) is 0 Å². The largest absolute Gasteiger partial charge is 0.295 e. The van der Waals surface area contributed by atoms with Gasteiger partial charge in [0.2, 0.25) is 0 Å². The SMILES string of the molecule is C/C=N\C(C)CCCCCC. The first-order valence-electron chi connectivity index (χ1n) is 4.79. The molecular weight excluding hydrogens is 134 g/mol. The van der Waals surface area contributed by atoms with Crippen molar-refractivity contribution in [3.05, 3.63) is 0 Å². The minimum Gasteiger partial charge on any atom is -0.295 e. The highest BCUT2D eigenvalue weighted by molar-refractivity contribution is 5.53. The Labute approximate surface area is 70.9 Å². The van der Waals surface area contributed by atoms with Crippen LogP contribution in [-0.2, 0) is 0 Å². The molecule has 0 aromatic heterocycles. The average Bonchev–Trinajstić information content (AvgIpc) is 1.99. The predicted molar refractivity (Wildman–Crippen MR) is 52.4 cm³/mol. The average molecular weight is 155 g/mol. The third kappa shape index (κ3) is 7.57. The summed E-state index contributed by atoms with van der Waals surface area (Å²) in [7, 11) is 0. The number of unbranched alkanes of at least 4 members (excludes halogenated alkanes) is 3. The van der Waals surface area contributed by atoms with Gasteiger partial charge in [-0.1, -0.05) is 32.6 Å². The van der Waals surface area contributed by atoms with Crippen LogP contribution in [-0.4, -0.2) is 12.3 Å². The molecule has 0 fully saturated rings. The third-order valence-electron chi connectivity index (χ3n) is 1.88. The van der Waals surface area contributed by atoms with Crippen LogP contribution in [0.4, 0.5) is 0 Å². The minimum atomic E-state index is 0.539. The molecule has 66 valence electrons. The monoisotopic (exact) mass is 155 g/mol. The molecule has 11 heavy (non-hydrogen) atoms. The molecule has 0 amide bonds. The second-order valence-electron chi connectivity index (χ2n) is 3.11. The maximum atomic E-state index is 4.30. The van der Waals surface area contributed by atoms with Crippen LogP contribution in [0.3, 0.4) is 0 Å². The lowest BCUT2D eigenvalue weighted by Crippen LogP contribution is -1.97. The molecule has 0 aromatic rings. The maximum absolute atomic E-state index is 4.30. The predicted octanol–water partition coefficient (Wildman–Crippen LogP) is 3.44.